The van der Waals surface area contributed by atoms with Gasteiger partial charge in [-0.15, -0.1) is 0 Å². The molecule has 0 aromatic carbocycles. The summed E-state index contributed by atoms with van der Waals surface area (Å²) in [5, 5.41) is 20.7. The number of carboxylic acids is 1. The van der Waals surface area contributed by atoms with Crippen LogP contribution in [0.4, 0.5) is 0 Å². The second kappa shape index (κ2) is 5.81. The molecular weight excluding hydrogens is 212 g/mol. The van der Waals surface area contributed by atoms with E-state index in [2.05, 4.69) is 5.32 Å². The molecule has 1 aliphatic rings. The van der Waals surface area contributed by atoms with Crippen molar-refractivity contribution in [2.75, 3.05) is 26.2 Å². The minimum atomic E-state index is -0.909. The molecule has 2 atom stereocenters. The van der Waals surface area contributed by atoms with Crippen LogP contribution in [0.5, 0.6) is 0 Å². The molecule has 0 bridgehead atoms. The number of amides is 1. The van der Waals surface area contributed by atoms with Gasteiger partial charge in [-0.3, -0.25) is 9.59 Å². The number of aliphatic hydroxyl groups is 1. The Kier molecular flexibility index (Phi) is 4.70. The van der Waals surface area contributed by atoms with Gasteiger partial charge in [0, 0.05) is 32.6 Å². The Morgan fingerprint density at radius 2 is 2.38 bits per heavy atom. The van der Waals surface area contributed by atoms with Crippen molar-refractivity contribution >= 4 is 11.9 Å². The third-order valence-corrected chi connectivity index (χ3v) is 2.56. The second-order valence-corrected chi connectivity index (χ2v) is 4.13. The Morgan fingerprint density at radius 3 is 2.88 bits per heavy atom. The van der Waals surface area contributed by atoms with Gasteiger partial charge in [-0.1, -0.05) is 0 Å². The topological polar surface area (TPSA) is 89.9 Å². The van der Waals surface area contributed by atoms with Gasteiger partial charge in [0.25, 0.3) is 0 Å². The molecule has 1 fully saturated rings. The first-order chi connectivity index (χ1) is 7.50. The van der Waals surface area contributed by atoms with Crippen LogP contribution in [0, 0.1) is 5.92 Å². The molecule has 6 nitrogen and oxygen atoms in total. The quantitative estimate of drug-likeness (QED) is 0.503. The van der Waals surface area contributed by atoms with Crippen molar-refractivity contribution < 1.29 is 19.8 Å². The Balaban J connectivity index is 2.23. The van der Waals surface area contributed by atoms with Crippen LogP contribution in [0.1, 0.15) is 13.3 Å². The summed E-state index contributed by atoms with van der Waals surface area (Å²) in [6, 6.07) is 0. The lowest BCUT2D eigenvalue weighted by molar-refractivity contribution is -0.141. The molecular formula is C10H18N2O4. The van der Waals surface area contributed by atoms with Gasteiger partial charge in [-0.2, -0.15) is 0 Å². The largest absolute Gasteiger partial charge is 0.481 e. The number of carbonyl (C=O) groups is 2. The lowest BCUT2D eigenvalue weighted by Gasteiger charge is -2.16. The SMILES string of the molecule is CC(O)CNCCN1CC(C(=O)O)CC1=O. The summed E-state index contributed by atoms with van der Waals surface area (Å²) >= 11 is 0. The standard InChI is InChI=1S/C10H18N2O4/c1-7(13)5-11-2-3-12-6-8(10(15)16)4-9(12)14/h7-8,11,13H,2-6H2,1H3,(H,15,16). The summed E-state index contributed by atoms with van der Waals surface area (Å²) in [6.07, 6.45) is -0.313. The van der Waals surface area contributed by atoms with Crippen molar-refractivity contribution in [2.24, 2.45) is 5.92 Å². The first-order valence-corrected chi connectivity index (χ1v) is 5.40. The molecule has 1 amide bonds. The first kappa shape index (κ1) is 12.9. The highest BCUT2D eigenvalue weighted by Crippen LogP contribution is 2.16. The van der Waals surface area contributed by atoms with Crippen LogP contribution in [0.15, 0.2) is 0 Å². The Bertz CT molecular complexity index is 268. The maximum absolute atomic E-state index is 11.4. The maximum Gasteiger partial charge on any atom is 0.308 e. The maximum atomic E-state index is 11.4. The third kappa shape index (κ3) is 3.79. The second-order valence-electron chi connectivity index (χ2n) is 4.13. The Hall–Kier alpha value is -1.14. The van der Waals surface area contributed by atoms with Crippen LogP contribution in [0.25, 0.3) is 0 Å². The van der Waals surface area contributed by atoms with Gasteiger partial charge in [0.1, 0.15) is 0 Å². The fourth-order valence-corrected chi connectivity index (χ4v) is 1.68. The summed E-state index contributed by atoms with van der Waals surface area (Å²) in [6.45, 7) is 3.52. The number of aliphatic carboxylic acids is 1. The minimum Gasteiger partial charge on any atom is -0.481 e. The molecule has 0 saturated carbocycles. The highest BCUT2D eigenvalue weighted by atomic mass is 16.4. The van der Waals surface area contributed by atoms with Crippen molar-refractivity contribution in [1.82, 2.24) is 10.2 Å². The molecule has 0 radical (unpaired) electrons. The lowest BCUT2D eigenvalue weighted by Crippen LogP contribution is -2.36. The smallest absolute Gasteiger partial charge is 0.308 e. The molecule has 92 valence electrons. The number of hydrogen-bond acceptors (Lipinski definition) is 4. The number of nitrogens with zero attached hydrogens (tertiary/aromatic N) is 1. The van der Waals surface area contributed by atoms with Crippen molar-refractivity contribution in [3.05, 3.63) is 0 Å². The fourth-order valence-electron chi connectivity index (χ4n) is 1.68. The molecule has 6 heteroatoms. The van der Waals surface area contributed by atoms with Gasteiger partial charge in [0.05, 0.1) is 12.0 Å². The highest BCUT2D eigenvalue weighted by Gasteiger charge is 2.33. The summed E-state index contributed by atoms with van der Waals surface area (Å²) in [4.78, 5) is 23.6. The molecule has 16 heavy (non-hydrogen) atoms. The van der Waals surface area contributed by atoms with Gasteiger partial charge in [0.2, 0.25) is 5.91 Å². The average Bonchev–Trinajstić information content (AvgIpc) is 2.55. The van der Waals surface area contributed by atoms with Crippen molar-refractivity contribution in [1.29, 1.82) is 0 Å². The zero-order valence-electron chi connectivity index (χ0n) is 9.35. The number of carbonyl (C=O) groups excluding carboxylic acids is 1. The van der Waals surface area contributed by atoms with Crippen LogP contribution in [-0.4, -0.2) is 59.3 Å². The van der Waals surface area contributed by atoms with E-state index in [0.29, 0.717) is 26.2 Å². The van der Waals surface area contributed by atoms with Crippen LogP contribution >= 0.6 is 0 Å². The highest BCUT2D eigenvalue weighted by molar-refractivity contribution is 5.86. The van der Waals surface area contributed by atoms with E-state index >= 15 is 0 Å². The van der Waals surface area contributed by atoms with Gasteiger partial charge in [-0.05, 0) is 6.92 Å². The Morgan fingerprint density at radius 1 is 1.69 bits per heavy atom. The van der Waals surface area contributed by atoms with Crippen LogP contribution in [0.2, 0.25) is 0 Å². The predicted octanol–water partition coefficient (Wildman–Crippen LogP) is -1.11. The van der Waals surface area contributed by atoms with Gasteiger partial charge in [-0.25, -0.2) is 0 Å². The first-order valence-electron chi connectivity index (χ1n) is 5.40. The van der Waals surface area contributed by atoms with E-state index < -0.39 is 18.0 Å². The van der Waals surface area contributed by atoms with Crippen molar-refractivity contribution in [3.63, 3.8) is 0 Å². The molecule has 3 N–H and O–H groups in total. The molecule has 0 aromatic rings. The zero-order valence-corrected chi connectivity index (χ0v) is 9.35. The van der Waals surface area contributed by atoms with E-state index in [4.69, 9.17) is 10.2 Å². The number of nitrogens with one attached hydrogen (secondary N) is 1. The van der Waals surface area contributed by atoms with E-state index in [9.17, 15) is 9.59 Å². The van der Waals surface area contributed by atoms with E-state index in [1.165, 1.54) is 0 Å². The normalized spacial score (nSPS) is 22.5. The van der Waals surface area contributed by atoms with Crippen LogP contribution in [-0.2, 0) is 9.59 Å². The molecule has 0 spiro atoms. The van der Waals surface area contributed by atoms with Gasteiger partial charge < -0.3 is 20.4 Å². The zero-order chi connectivity index (χ0) is 12.1. The van der Waals surface area contributed by atoms with Crippen LogP contribution < -0.4 is 5.32 Å². The van der Waals surface area contributed by atoms with E-state index in [1.807, 2.05) is 0 Å². The molecule has 2 unspecified atom stereocenters. The average molecular weight is 230 g/mol. The number of hydrogen-bond donors (Lipinski definition) is 3. The number of carboxylic acid groups (broad SMARTS) is 1. The van der Waals surface area contributed by atoms with Gasteiger partial charge >= 0.3 is 5.97 Å². The van der Waals surface area contributed by atoms with Crippen molar-refractivity contribution in [2.45, 2.75) is 19.4 Å². The van der Waals surface area contributed by atoms with E-state index in [0.717, 1.165) is 0 Å². The lowest BCUT2D eigenvalue weighted by atomic mass is 10.1. The molecule has 1 saturated heterocycles. The predicted molar refractivity (Wildman–Crippen MR) is 56.9 cm³/mol. The minimum absolute atomic E-state index is 0.103. The molecule has 1 aliphatic heterocycles. The fraction of sp³-hybridized carbons (Fsp3) is 0.800. The summed E-state index contributed by atoms with van der Waals surface area (Å²) < 4.78 is 0. The molecule has 0 aliphatic carbocycles. The summed E-state index contributed by atoms with van der Waals surface area (Å²) in [7, 11) is 0. The van der Waals surface area contributed by atoms with Crippen LogP contribution in [0.3, 0.4) is 0 Å². The third-order valence-electron chi connectivity index (χ3n) is 2.56. The van der Waals surface area contributed by atoms with Crippen molar-refractivity contribution in [3.8, 4) is 0 Å². The van der Waals surface area contributed by atoms with E-state index in [-0.39, 0.29) is 12.3 Å². The molecule has 1 heterocycles. The number of likely N-dealkylation sites (tertiary alicyclic amines) is 1. The van der Waals surface area contributed by atoms with E-state index in [1.54, 1.807) is 11.8 Å². The summed E-state index contributed by atoms with van der Waals surface area (Å²) in [5.74, 6) is -1.58. The van der Waals surface area contributed by atoms with Gasteiger partial charge in [0.15, 0.2) is 0 Å². The number of rotatable bonds is 6. The monoisotopic (exact) mass is 230 g/mol. The molecule has 0 aromatic heterocycles. The number of aliphatic hydroxyl groups excluding tert-OH is 1. The molecule has 1 rings (SSSR count). The summed E-state index contributed by atoms with van der Waals surface area (Å²) in [5.41, 5.74) is 0. The Labute approximate surface area is 94.2 Å².